The number of rotatable bonds is 8. The number of benzene rings is 1. The summed E-state index contributed by atoms with van der Waals surface area (Å²) in [4.78, 5) is 23.2. The van der Waals surface area contributed by atoms with Gasteiger partial charge < -0.3 is 19.9 Å². The van der Waals surface area contributed by atoms with Crippen molar-refractivity contribution in [3.05, 3.63) is 28.8 Å². The van der Waals surface area contributed by atoms with Crippen molar-refractivity contribution in [1.29, 1.82) is 0 Å². The number of methoxy groups -OCH3 is 1. The lowest BCUT2D eigenvalue weighted by Crippen LogP contribution is -2.34. The number of aliphatic carboxylic acids is 1. The van der Waals surface area contributed by atoms with Gasteiger partial charge >= 0.3 is 5.97 Å². The van der Waals surface area contributed by atoms with Crippen molar-refractivity contribution in [2.75, 3.05) is 13.7 Å². The van der Waals surface area contributed by atoms with Crippen LogP contribution in [0.2, 0.25) is 5.02 Å². The first kappa shape index (κ1) is 18.3. The zero-order valence-electron chi connectivity index (χ0n) is 12.8. The van der Waals surface area contributed by atoms with Gasteiger partial charge in [-0.2, -0.15) is 0 Å². The summed E-state index contributed by atoms with van der Waals surface area (Å²) >= 11 is 5.98. The molecular weight excluding hydrogens is 310 g/mol. The molecule has 0 aliphatic heterocycles. The van der Waals surface area contributed by atoms with Crippen LogP contribution in [0.25, 0.3) is 0 Å². The molecule has 1 unspecified atom stereocenters. The molecule has 0 aliphatic rings. The summed E-state index contributed by atoms with van der Waals surface area (Å²) in [6.45, 7) is 3.95. The standard InChI is InChI=1S/C15H20ClNO5/c1-9(2)22-7-6-13(18)17-14(15(19)20)10-4-5-12(21-3)11(16)8-10/h4-5,8-9,14H,6-7H2,1-3H3,(H,17,18)(H,19,20). The van der Waals surface area contributed by atoms with Crippen LogP contribution >= 0.6 is 11.6 Å². The van der Waals surface area contributed by atoms with Gasteiger partial charge in [0.05, 0.1) is 31.3 Å². The summed E-state index contributed by atoms with van der Waals surface area (Å²) in [6, 6.07) is 3.40. The molecule has 0 spiro atoms. The molecular formula is C15H20ClNO5. The molecule has 0 aliphatic carbocycles. The van der Waals surface area contributed by atoms with E-state index in [1.807, 2.05) is 13.8 Å². The number of halogens is 1. The highest BCUT2D eigenvalue weighted by Crippen LogP contribution is 2.27. The van der Waals surface area contributed by atoms with Gasteiger partial charge in [-0.15, -0.1) is 0 Å². The van der Waals surface area contributed by atoms with Crippen LogP contribution in [-0.4, -0.2) is 36.8 Å². The Morgan fingerprint density at radius 3 is 2.55 bits per heavy atom. The number of carboxylic acid groups (broad SMARTS) is 1. The second-order valence-electron chi connectivity index (χ2n) is 4.90. The van der Waals surface area contributed by atoms with E-state index in [2.05, 4.69) is 5.32 Å². The average molecular weight is 330 g/mol. The third-order valence-electron chi connectivity index (χ3n) is 2.84. The third-order valence-corrected chi connectivity index (χ3v) is 3.14. The second kappa shape index (κ2) is 8.60. The Morgan fingerprint density at radius 2 is 2.05 bits per heavy atom. The number of carbonyl (C=O) groups is 2. The van der Waals surface area contributed by atoms with Gasteiger partial charge in [0.15, 0.2) is 6.04 Å². The first-order valence-electron chi connectivity index (χ1n) is 6.82. The van der Waals surface area contributed by atoms with Crippen LogP contribution in [0.4, 0.5) is 0 Å². The molecule has 122 valence electrons. The molecule has 1 aromatic rings. The lowest BCUT2D eigenvalue weighted by molar-refractivity contribution is -0.142. The van der Waals surface area contributed by atoms with Crippen molar-refractivity contribution in [2.24, 2.45) is 0 Å². The van der Waals surface area contributed by atoms with Crippen LogP contribution in [0.15, 0.2) is 18.2 Å². The molecule has 1 atom stereocenters. The summed E-state index contributed by atoms with van der Waals surface area (Å²) < 4.78 is 10.3. The first-order valence-corrected chi connectivity index (χ1v) is 7.20. The molecule has 22 heavy (non-hydrogen) atoms. The maximum Gasteiger partial charge on any atom is 0.330 e. The fourth-order valence-corrected chi connectivity index (χ4v) is 2.04. The van der Waals surface area contributed by atoms with Gasteiger partial charge in [0.2, 0.25) is 5.91 Å². The van der Waals surface area contributed by atoms with Crippen LogP contribution in [0.3, 0.4) is 0 Å². The molecule has 2 N–H and O–H groups in total. The topological polar surface area (TPSA) is 84.9 Å². The molecule has 0 saturated carbocycles. The monoisotopic (exact) mass is 329 g/mol. The van der Waals surface area contributed by atoms with E-state index >= 15 is 0 Å². The maximum absolute atomic E-state index is 11.8. The van der Waals surface area contributed by atoms with E-state index in [0.717, 1.165) is 0 Å². The summed E-state index contributed by atoms with van der Waals surface area (Å²) in [5.74, 6) is -1.13. The zero-order chi connectivity index (χ0) is 16.7. The van der Waals surface area contributed by atoms with Crippen molar-refractivity contribution >= 4 is 23.5 Å². The molecule has 7 heteroatoms. The fourth-order valence-electron chi connectivity index (χ4n) is 1.77. The minimum Gasteiger partial charge on any atom is -0.495 e. The van der Waals surface area contributed by atoms with Crippen molar-refractivity contribution in [2.45, 2.75) is 32.4 Å². The van der Waals surface area contributed by atoms with E-state index in [1.54, 1.807) is 12.1 Å². The van der Waals surface area contributed by atoms with Crippen molar-refractivity contribution < 1.29 is 24.2 Å². The van der Waals surface area contributed by atoms with Crippen molar-refractivity contribution in [1.82, 2.24) is 5.32 Å². The second-order valence-corrected chi connectivity index (χ2v) is 5.31. The van der Waals surface area contributed by atoms with Gasteiger partial charge in [-0.05, 0) is 31.5 Å². The Bertz CT molecular complexity index is 533. The lowest BCUT2D eigenvalue weighted by Gasteiger charge is -2.16. The highest BCUT2D eigenvalue weighted by molar-refractivity contribution is 6.32. The quantitative estimate of drug-likeness (QED) is 0.765. The van der Waals surface area contributed by atoms with Gasteiger partial charge in [-0.25, -0.2) is 4.79 Å². The van der Waals surface area contributed by atoms with E-state index in [0.29, 0.717) is 11.3 Å². The number of carboxylic acids is 1. The summed E-state index contributed by atoms with van der Waals surface area (Å²) in [6.07, 6.45) is 0.106. The molecule has 1 aromatic carbocycles. The molecule has 0 radical (unpaired) electrons. The smallest absolute Gasteiger partial charge is 0.330 e. The predicted molar refractivity (Wildman–Crippen MR) is 82.2 cm³/mol. The largest absolute Gasteiger partial charge is 0.495 e. The number of ether oxygens (including phenoxy) is 2. The number of nitrogens with one attached hydrogen (secondary N) is 1. The summed E-state index contributed by atoms with van der Waals surface area (Å²) in [5, 5.41) is 12.0. The highest BCUT2D eigenvalue weighted by Gasteiger charge is 2.23. The molecule has 0 heterocycles. The molecule has 6 nitrogen and oxygen atoms in total. The van der Waals surface area contributed by atoms with E-state index < -0.39 is 17.9 Å². The summed E-state index contributed by atoms with van der Waals surface area (Å²) in [5.41, 5.74) is 0.372. The number of hydrogen-bond acceptors (Lipinski definition) is 4. The zero-order valence-corrected chi connectivity index (χ0v) is 13.5. The third kappa shape index (κ3) is 5.54. The van der Waals surface area contributed by atoms with Crippen LogP contribution in [0.1, 0.15) is 31.9 Å². The molecule has 1 amide bonds. The molecule has 0 aromatic heterocycles. The van der Waals surface area contributed by atoms with Crippen LogP contribution in [-0.2, 0) is 14.3 Å². The molecule has 0 saturated heterocycles. The van der Waals surface area contributed by atoms with E-state index in [9.17, 15) is 14.7 Å². The first-order chi connectivity index (χ1) is 10.3. The van der Waals surface area contributed by atoms with Crippen molar-refractivity contribution in [3.63, 3.8) is 0 Å². The van der Waals surface area contributed by atoms with Crippen LogP contribution < -0.4 is 10.1 Å². The van der Waals surface area contributed by atoms with Gasteiger partial charge in [0.1, 0.15) is 5.75 Å². The van der Waals surface area contributed by atoms with Crippen LogP contribution in [0.5, 0.6) is 5.75 Å². The van der Waals surface area contributed by atoms with Crippen molar-refractivity contribution in [3.8, 4) is 5.75 Å². The van der Waals surface area contributed by atoms with E-state index in [4.69, 9.17) is 21.1 Å². The number of carbonyl (C=O) groups excluding carboxylic acids is 1. The van der Waals surface area contributed by atoms with Gasteiger partial charge in [0.25, 0.3) is 0 Å². The average Bonchev–Trinajstić information content (AvgIpc) is 2.44. The Balaban J connectivity index is 2.75. The van der Waals surface area contributed by atoms with Gasteiger partial charge in [0, 0.05) is 0 Å². The lowest BCUT2D eigenvalue weighted by atomic mass is 10.1. The van der Waals surface area contributed by atoms with E-state index in [-0.39, 0.29) is 24.2 Å². The summed E-state index contributed by atoms with van der Waals surface area (Å²) in [7, 11) is 1.46. The molecule has 1 rings (SSSR count). The Labute approximate surface area is 134 Å². The van der Waals surface area contributed by atoms with Gasteiger partial charge in [-0.3, -0.25) is 4.79 Å². The molecule has 0 bridgehead atoms. The Kier molecular flexibility index (Phi) is 7.14. The predicted octanol–water partition coefficient (Wildman–Crippen LogP) is 2.41. The SMILES string of the molecule is COc1ccc(C(NC(=O)CCOC(C)C)C(=O)O)cc1Cl. The van der Waals surface area contributed by atoms with Crippen LogP contribution in [0, 0.1) is 0 Å². The Morgan fingerprint density at radius 1 is 1.36 bits per heavy atom. The maximum atomic E-state index is 11.8. The van der Waals surface area contributed by atoms with Gasteiger partial charge in [-0.1, -0.05) is 17.7 Å². The van der Waals surface area contributed by atoms with E-state index in [1.165, 1.54) is 13.2 Å². The highest BCUT2D eigenvalue weighted by atomic mass is 35.5. The normalized spacial score (nSPS) is 12.0. The Hall–Kier alpha value is -1.79. The fraction of sp³-hybridized carbons (Fsp3) is 0.467. The number of amides is 1. The minimum atomic E-state index is -1.17. The minimum absolute atomic E-state index is 0.0171. The molecule has 0 fully saturated rings. The number of hydrogen-bond donors (Lipinski definition) is 2.